The summed E-state index contributed by atoms with van der Waals surface area (Å²) in [6.07, 6.45) is 0. The fraction of sp³-hybridized carbons (Fsp3) is 0.148. The highest BCUT2D eigenvalue weighted by Crippen LogP contribution is 2.25. The second-order valence-electron chi connectivity index (χ2n) is 9.25. The summed E-state index contributed by atoms with van der Waals surface area (Å²) in [5, 5.41) is 6.62. The number of fused-ring (bicyclic) bond motifs is 1. The second kappa shape index (κ2) is 10.2. The third-order valence-electron chi connectivity index (χ3n) is 5.53. The molecule has 36 heavy (non-hydrogen) atoms. The molecular weight excluding hydrogens is 544 g/mol. The lowest BCUT2D eigenvalue weighted by atomic mass is 9.87. The summed E-state index contributed by atoms with van der Waals surface area (Å²) in [6.45, 7) is 6.28. The van der Waals surface area contributed by atoms with Crippen LogP contribution in [0.5, 0.6) is 0 Å². The van der Waals surface area contributed by atoms with E-state index in [2.05, 4.69) is 52.8 Å². The Morgan fingerprint density at radius 2 is 1.42 bits per heavy atom. The third-order valence-corrected chi connectivity index (χ3v) is 6.27. The van der Waals surface area contributed by atoms with Crippen molar-refractivity contribution in [1.82, 2.24) is 4.68 Å². The van der Waals surface area contributed by atoms with Crippen molar-refractivity contribution < 1.29 is 14.4 Å². The molecule has 4 rings (SSSR count). The summed E-state index contributed by atoms with van der Waals surface area (Å²) < 4.78 is 2.11. The van der Waals surface area contributed by atoms with Crippen molar-refractivity contribution in [3.63, 3.8) is 0 Å². The molecule has 4 aromatic rings. The van der Waals surface area contributed by atoms with E-state index in [1.165, 1.54) is 4.68 Å². The fourth-order valence-electron chi connectivity index (χ4n) is 3.60. The van der Waals surface area contributed by atoms with Gasteiger partial charge in [-0.2, -0.15) is 0 Å². The van der Waals surface area contributed by atoms with Gasteiger partial charge in [0.15, 0.2) is 0 Å². The van der Waals surface area contributed by atoms with Crippen LogP contribution in [0.3, 0.4) is 0 Å². The van der Waals surface area contributed by atoms with Gasteiger partial charge in [0.1, 0.15) is 5.69 Å². The molecule has 3 N–H and O–H groups in total. The highest BCUT2D eigenvalue weighted by Gasteiger charge is 2.21. The van der Waals surface area contributed by atoms with Gasteiger partial charge in [0, 0.05) is 26.3 Å². The molecule has 1 heterocycles. The van der Waals surface area contributed by atoms with Crippen LogP contribution in [0, 0.1) is 0 Å². The zero-order chi connectivity index (χ0) is 26.0. The number of carbonyl (C=O) groups is 3. The molecule has 7 nitrogen and oxygen atoms in total. The third kappa shape index (κ3) is 5.78. The van der Waals surface area contributed by atoms with Crippen LogP contribution in [0.4, 0.5) is 11.4 Å². The summed E-state index contributed by atoms with van der Waals surface area (Å²) in [4.78, 5) is 38.6. The van der Waals surface area contributed by atoms with Crippen molar-refractivity contribution in [3.05, 3.63) is 93.5 Å². The van der Waals surface area contributed by atoms with Gasteiger partial charge in [-0.25, -0.2) is 4.68 Å². The molecule has 0 bridgehead atoms. The zero-order valence-corrected chi connectivity index (χ0v) is 22.2. The number of nitrogens with one attached hydrogen (secondary N) is 3. The molecule has 0 saturated heterocycles. The van der Waals surface area contributed by atoms with Crippen molar-refractivity contribution in [2.45, 2.75) is 26.2 Å². The topological polar surface area (TPSA) is 92.2 Å². The van der Waals surface area contributed by atoms with Gasteiger partial charge in [-0.1, -0.05) is 60.4 Å². The number of hydrogen-bond donors (Lipinski definition) is 3. The van der Waals surface area contributed by atoms with Gasteiger partial charge >= 0.3 is 11.8 Å². The standard InChI is InChI=1S/C27H24BrClN4O3/c1-27(2,3)17-4-9-20(10-5-17)31-25(35)26(36)32-33-22-13-6-18(28)14-16(22)15-23(33)24(34)30-21-11-7-19(29)8-12-21/h4-15H,1-3H3,(H,30,34)(H,31,35)(H,32,36). The van der Waals surface area contributed by atoms with E-state index >= 15 is 0 Å². The number of aromatic nitrogens is 1. The Hall–Kier alpha value is -3.62. The summed E-state index contributed by atoms with van der Waals surface area (Å²) >= 11 is 9.34. The Balaban J connectivity index is 1.57. The first-order valence-electron chi connectivity index (χ1n) is 11.1. The Morgan fingerprint density at radius 3 is 2.06 bits per heavy atom. The van der Waals surface area contributed by atoms with E-state index in [1.54, 1.807) is 54.6 Å². The Kier molecular flexibility index (Phi) is 7.19. The van der Waals surface area contributed by atoms with Crippen molar-refractivity contribution in [2.75, 3.05) is 16.1 Å². The monoisotopic (exact) mass is 566 g/mol. The number of amides is 3. The van der Waals surface area contributed by atoms with E-state index in [0.717, 1.165) is 10.0 Å². The van der Waals surface area contributed by atoms with Gasteiger partial charge in [0.2, 0.25) is 0 Å². The van der Waals surface area contributed by atoms with Gasteiger partial charge in [-0.3, -0.25) is 19.8 Å². The Labute approximate surface area is 221 Å². The molecule has 9 heteroatoms. The lowest BCUT2D eigenvalue weighted by molar-refractivity contribution is -0.133. The molecule has 1 aromatic heterocycles. The fourth-order valence-corrected chi connectivity index (χ4v) is 4.10. The number of carbonyl (C=O) groups excluding carboxylic acids is 3. The van der Waals surface area contributed by atoms with E-state index in [0.29, 0.717) is 27.3 Å². The predicted octanol–water partition coefficient (Wildman–Crippen LogP) is 6.32. The van der Waals surface area contributed by atoms with Gasteiger partial charge in [0.25, 0.3) is 5.91 Å². The molecule has 0 atom stereocenters. The molecule has 0 aliphatic heterocycles. The minimum absolute atomic E-state index is 0.0344. The van der Waals surface area contributed by atoms with E-state index in [-0.39, 0.29) is 11.1 Å². The molecule has 0 unspecified atom stereocenters. The molecule has 3 aromatic carbocycles. The number of nitrogens with zero attached hydrogens (tertiary/aromatic N) is 1. The first kappa shape index (κ1) is 25.5. The van der Waals surface area contributed by atoms with E-state index in [9.17, 15) is 14.4 Å². The molecule has 0 fully saturated rings. The van der Waals surface area contributed by atoms with Crippen molar-refractivity contribution in [1.29, 1.82) is 0 Å². The highest BCUT2D eigenvalue weighted by atomic mass is 79.9. The van der Waals surface area contributed by atoms with Crippen LogP contribution >= 0.6 is 27.5 Å². The molecule has 0 saturated carbocycles. The number of rotatable bonds is 4. The van der Waals surface area contributed by atoms with Crippen LogP contribution in [0.1, 0.15) is 36.8 Å². The summed E-state index contributed by atoms with van der Waals surface area (Å²) in [5.74, 6) is -2.25. The SMILES string of the molecule is CC(C)(C)c1ccc(NC(=O)C(=O)Nn2c(C(=O)Nc3ccc(Cl)cc3)cc3cc(Br)ccc32)cc1. The van der Waals surface area contributed by atoms with Crippen LogP contribution in [-0.2, 0) is 15.0 Å². The van der Waals surface area contributed by atoms with Crippen LogP contribution in [0.2, 0.25) is 5.02 Å². The number of benzene rings is 3. The molecular formula is C27H24BrClN4O3. The minimum Gasteiger partial charge on any atom is -0.321 e. The first-order valence-corrected chi connectivity index (χ1v) is 12.3. The average molecular weight is 568 g/mol. The Bertz CT molecular complexity index is 1460. The largest absolute Gasteiger partial charge is 0.328 e. The highest BCUT2D eigenvalue weighted by molar-refractivity contribution is 9.10. The molecule has 0 aliphatic rings. The maximum Gasteiger partial charge on any atom is 0.328 e. The maximum absolute atomic E-state index is 13.1. The zero-order valence-electron chi connectivity index (χ0n) is 19.9. The second-order valence-corrected chi connectivity index (χ2v) is 10.6. The van der Waals surface area contributed by atoms with Crippen LogP contribution in [0.25, 0.3) is 10.9 Å². The summed E-state index contributed by atoms with van der Waals surface area (Å²) in [6, 6.07) is 20.9. The Morgan fingerprint density at radius 1 is 0.806 bits per heavy atom. The smallest absolute Gasteiger partial charge is 0.321 e. The van der Waals surface area contributed by atoms with Gasteiger partial charge in [-0.15, -0.1) is 0 Å². The first-order chi connectivity index (χ1) is 17.0. The van der Waals surface area contributed by atoms with Crippen molar-refractivity contribution in [2.24, 2.45) is 0 Å². The van der Waals surface area contributed by atoms with Crippen LogP contribution < -0.4 is 16.1 Å². The summed E-state index contributed by atoms with van der Waals surface area (Å²) in [7, 11) is 0. The normalized spacial score (nSPS) is 11.2. The lowest BCUT2D eigenvalue weighted by Crippen LogP contribution is -2.36. The summed E-state index contributed by atoms with van der Waals surface area (Å²) in [5.41, 5.74) is 5.34. The molecule has 0 aliphatic carbocycles. The molecule has 3 amide bonds. The van der Waals surface area contributed by atoms with Crippen molar-refractivity contribution in [3.8, 4) is 0 Å². The van der Waals surface area contributed by atoms with E-state index < -0.39 is 17.7 Å². The minimum atomic E-state index is -0.921. The quantitative estimate of drug-likeness (QED) is 0.252. The molecule has 0 radical (unpaired) electrons. The number of anilines is 2. The van der Waals surface area contributed by atoms with Crippen LogP contribution in [0.15, 0.2) is 77.3 Å². The van der Waals surface area contributed by atoms with Gasteiger partial charge in [0.05, 0.1) is 5.52 Å². The van der Waals surface area contributed by atoms with Gasteiger partial charge < -0.3 is 10.6 Å². The van der Waals surface area contributed by atoms with Crippen LogP contribution in [-0.4, -0.2) is 22.4 Å². The number of halogens is 2. The van der Waals surface area contributed by atoms with Gasteiger partial charge in [-0.05, 0) is 71.6 Å². The lowest BCUT2D eigenvalue weighted by Gasteiger charge is -2.19. The number of hydrogen-bond acceptors (Lipinski definition) is 3. The molecule has 0 spiro atoms. The van der Waals surface area contributed by atoms with E-state index in [4.69, 9.17) is 11.6 Å². The average Bonchev–Trinajstić information content (AvgIpc) is 3.17. The van der Waals surface area contributed by atoms with E-state index in [1.807, 2.05) is 18.2 Å². The molecule has 184 valence electrons. The predicted molar refractivity (Wildman–Crippen MR) is 147 cm³/mol. The maximum atomic E-state index is 13.1. The van der Waals surface area contributed by atoms with Crippen molar-refractivity contribution >= 4 is 67.5 Å².